The molecule has 0 fully saturated rings. The number of unbranched alkanes of at least 4 members (excludes halogenated alkanes) is 9. The lowest BCUT2D eigenvalue weighted by atomic mass is 10.1. The van der Waals surface area contributed by atoms with Crippen LogP contribution in [0.1, 0.15) is 90.3 Å². The summed E-state index contributed by atoms with van der Waals surface area (Å²) in [6.45, 7) is 9.17. The van der Waals surface area contributed by atoms with Crippen molar-refractivity contribution in [3.8, 4) is 0 Å². The first kappa shape index (κ1) is 18.3. The third-order valence-electron chi connectivity index (χ3n) is 4.51. The number of nitrogens with zero attached hydrogens (tertiary/aromatic N) is 2. The van der Waals surface area contributed by atoms with Gasteiger partial charge in [-0.15, -0.1) is 0 Å². The van der Waals surface area contributed by atoms with Crippen molar-refractivity contribution in [1.29, 1.82) is 0 Å². The number of hydrogen-bond donors (Lipinski definition) is 0. The largest absolute Gasteiger partial charge is 0.253 e. The standard InChI is InChI=1S/C19H37N2/c1-4-6-8-9-10-11-12-13-14-16-21-18-17-20(19(21)3)15-7-5-2/h17-18H,4-16H2,1-3H3/q+1. The molecule has 1 aromatic rings. The molecular formula is C19H37N2+. The summed E-state index contributed by atoms with van der Waals surface area (Å²) >= 11 is 0. The van der Waals surface area contributed by atoms with Gasteiger partial charge in [-0.1, -0.05) is 65.2 Å². The zero-order chi connectivity index (χ0) is 15.3. The molecule has 0 aliphatic heterocycles. The minimum absolute atomic E-state index is 1.17. The van der Waals surface area contributed by atoms with E-state index < -0.39 is 0 Å². The smallest absolute Gasteiger partial charge is 0.234 e. The van der Waals surface area contributed by atoms with Crippen LogP contribution < -0.4 is 4.57 Å². The van der Waals surface area contributed by atoms with E-state index in [0.717, 1.165) is 0 Å². The van der Waals surface area contributed by atoms with Crippen LogP contribution in [0.2, 0.25) is 0 Å². The maximum Gasteiger partial charge on any atom is 0.253 e. The summed E-state index contributed by atoms with van der Waals surface area (Å²) in [4.78, 5) is 0. The molecule has 0 radical (unpaired) electrons. The molecule has 1 rings (SSSR count). The van der Waals surface area contributed by atoms with Gasteiger partial charge in [-0.2, -0.15) is 0 Å². The molecule has 0 spiro atoms. The predicted molar refractivity (Wildman–Crippen MR) is 91.5 cm³/mol. The molecule has 1 heterocycles. The zero-order valence-corrected chi connectivity index (χ0v) is 14.7. The summed E-state index contributed by atoms with van der Waals surface area (Å²) in [5.41, 5.74) is 0. The second-order valence-corrected chi connectivity index (χ2v) is 6.41. The van der Waals surface area contributed by atoms with Crippen molar-refractivity contribution >= 4 is 0 Å². The van der Waals surface area contributed by atoms with Gasteiger partial charge >= 0.3 is 0 Å². The monoisotopic (exact) mass is 293 g/mol. The molecule has 122 valence electrons. The van der Waals surface area contributed by atoms with E-state index in [-0.39, 0.29) is 0 Å². The summed E-state index contributed by atoms with van der Waals surface area (Å²) < 4.78 is 4.83. The SMILES string of the molecule is CCCCCCCCCCC[n+]1ccn(CCCC)c1C. The van der Waals surface area contributed by atoms with E-state index in [1.165, 1.54) is 89.5 Å². The van der Waals surface area contributed by atoms with Crippen LogP contribution in [0.25, 0.3) is 0 Å². The Morgan fingerprint density at radius 3 is 2.00 bits per heavy atom. The van der Waals surface area contributed by atoms with Gasteiger partial charge in [0.05, 0.1) is 13.1 Å². The van der Waals surface area contributed by atoms with Gasteiger partial charge in [-0.25, -0.2) is 9.13 Å². The van der Waals surface area contributed by atoms with E-state index in [9.17, 15) is 0 Å². The van der Waals surface area contributed by atoms with Crippen molar-refractivity contribution in [2.45, 2.75) is 104 Å². The topological polar surface area (TPSA) is 8.81 Å². The maximum atomic E-state index is 2.43. The quantitative estimate of drug-likeness (QED) is 0.339. The Hall–Kier alpha value is -0.790. The van der Waals surface area contributed by atoms with Gasteiger partial charge in [0, 0.05) is 6.92 Å². The molecule has 2 nitrogen and oxygen atoms in total. The Balaban J connectivity index is 2.06. The second-order valence-electron chi connectivity index (χ2n) is 6.41. The lowest BCUT2D eigenvalue weighted by Crippen LogP contribution is -2.35. The van der Waals surface area contributed by atoms with E-state index in [0.29, 0.717) is 0 Å². The van der Waals surface area contributed by atoms with Crippen LogP contribution in [0.3, 0.4) is 0 Å². The molecule has 0 amide bonds. The summed E-state index contributed by atoms with van der Waals surface area (Å²) in [7, 11) is 0. The summed E-state index contributed by atoms with van der Waals surface area (Å²) in [5.74, 6) is 1.42. The summed E-state index contributed by atoms with van der Waals surface area (Å²) in [5, 5.41) is 0. The molecular weight excluding hydrogens is 256 g/mol. The lowest BCUT2D eigenvalue weighted by Gasteiger charge is -2.02. The first-order valence-electron chi connectivity index (χ1n) is 9.34. The van der Waals surface area contributed by atoms with Crippen LogP contribution in [-0.4, -0.2) is 4.57 Å². The number of imidazole rings is 1. The fraction of sp³-hybridized carbons (Fsp3) is 0.842. The van der Waals surface area contributed by atoms with Gasteiger partial charge in [-0.3, -0.25) is 0 Å². The molecule has 0 atom stereocenters. The van der Waals surface area contributed by atoms with Crippen molar-refractivity contribution in [2.24, 2.45) is 0 Å². The Morgan fingerprint density at radius 1 is 0.810 bits per heavy atom. The van der Waals surface area contributed by atoms with E-state index in [4.69, 9.17) is 0 Å². The fourth-order valence-electron chi connectivity index (χ4n) is 2.94. The van der Waals surface area contributed by atoms with Crippen molar-refractivity contribution in [3.63, 3.8) is 0 Å². The average Bonchev–Trinajstić information content (AvgIpc) is 2.84. The molecule has 0 saturated heterocycles. The second kappa shape index (κ2) is 11.8. The molecule has 0 aliphatic rings. The van der Waals surface area contributed by atoms with E-state index in [2.05, 4.69) is 42.3 Å². The van der Waals surface area contributed by atoms with Gasteiger partial charge < -0.3 is 0 Å². The minimum Gasteiger partial charge on any atom is -0.234 e. The number of aryl methyl sites for hydroxylation is 2. The normalized spacial score (nSPS) is 11.2. The highest BCUT2D eigenvalue weighted by molar-refractivity contribution is 4.79. The van der Waals surface area contributed by atoms with Crippen molar-refractivity contribution in [1.82, 2.24) is 4.57 Å². The molecule has 0 saturated carbocycles. The molecule has 0 unspecified atom stereocenters. The average molecular weight is 294 g/mol. The Kier molecular flexibility index (Phi) is 10.3. The highest BCUT2D eigenvalue weighted by atomic mass is 15.1. The molecule has 2 heteroatoms. The number of rotatable bonds is 13. The Morgan fingerprint density at radius 2 is 1.38 bits per heavy atom. The Labute approximate surface area is 132 Å². The first-order chi connectivity index (χ1) is 10.3. The van der Waals surface area contributed by atoms with E-state index in [1.807, 2.05) is 0 Å². The van der Waals surface area contributed by atoms with Crippen LogP contribution in [0.5, 0.6) is 0 Å². The molecule has 1 aromatic heterocycles. The van der Waals surface area contributed by atoms with E-state index in [1.54, 1.807) is 0 Å². The molecule has 0 N–H and O–H groups in total. The number of aromatic nitrogens is 2. The van der Waals surface area contributed by atoms with Gasteiger partial charge in [0.15, 0.2) is 0 Å². The van der Waals surface area contributed by atoms with Crippen LogP contribution >= 0.6 is 0 Å². The third kappa shape index (κ3) is 7.68. The summed E-state index contributed by atoms with van der Waals surface area (Å²) in [6.07, 6.45) is 19.8. The zero-order valence-electron chi connectivity index (χ0n) is 14.7. The van der Waals surface area contributed by atoms with Gasteiger partial charge in [0.2, 0.25) is 0 Å². The van der Waals surface area contributed by atoms with Crippen LogP contribution in [0.4, 0.5) is 0 Å². The van der Waals surface area contributed by atoms with Gasteiger partial charge in [0.1, 0.15) is 12.4 Å². The molecule has 0 aromatic carbocycles. The van der Waals surface area contributed by atoms with Crippen LogP contribution in [0.15, 0.2) is 12.4 Å². The molecule has 21 heavy (non-hydrogen) atoms. The molecule has 0 aliphatic carbocycles. The lowest BCUT2D eigenvalue weighted by molar-refractivity contribution is -0.702. The van der Waals surface area contributed by atoms with Crippen LogP contribution in [-0.2, 0) is 13.1 Å². The van der Waals surface area contributed by atoms with Gasteiger partial charge in [0.25, 0.3) is 5.82 Å². The fourth-order valence-corrected chi connectivity index (χ4v) is 2.94. The molecule has 0 bridgehead atoms. The van der Waals surface area contributed by atoms with Crippen molar-refractivity contribution in [2.75, 3.05) is 0 Å². The van der Waals surface area contributed by atoms with Crippen LogP contribution in [0, 0.1) is 6.92 Å². The van der Waals surface area contributed by atoms with Crippen molar-refractivity contribution < 1.29 is 4.57 Å². The predicted octanol–water partition coefficient (Wildman–Crippen LogP) is 5.41. The highest BCUT2D eigenvalue weighted by Crippen LogP contribution is 2.09. The third-order valence-corrected chi connectivity index (χ3v) is 4.51. The van der Waals surface area contributed by atoms with Crippen molar-refractivity contribution in [3.05, 3.63) is 18.2 Å². The minimum atomic E-state index is 1.17. The first-order valence-corrected chi connectivity index (χ1v) is 9.34. The van der Waals surface area contributed by atoms with Gasteiger partial charge in [-0.05, 0) is 19.3 Å². The van der Waals surface area contributed by atoms with E-state index >= 15 is 0 Å². The highest BCUT2D eigenvalue weighted by Gasteiger charge is 2.10. The number of hydrogen-bond acceptors (Lipinski definition) is 0. The summed E-state index contributed by atoms with van der Waals surface area (Å²) in [6, 6.07) is 0. The Bertz CT molecular complexity index is 354. The maximum absolute atomic E-state index is 2.43.